The largest absolute Gasteiger partial charge is 0.507 e. The molecule has 2 heterocycles. The number of carbonyl (C=O) groups excluding carboxylic acids is 1. The Bertz CT molecular complexity index is 1200. The molecule has 1 aliphatic heterocycles. The summed E-state index contributed by atoms with van der Waals surface area (Å²) in [6.07, 6.45) is 1.99. The third kappa shape index (κ3) is 4.58. The van der Waals surface area contributed by atoms with Crippen molar-refractivity contribution >= 4 is 5.91 Å². The Morgan fingerprint density at radius 3 is 2.60 bits per heavy atom. The number of nitrogens with zero attached hydrogens (tertiary/aromatic N) is 2. The zero-order valence-corrected chi connectivity index (χ0v) is 21.0. The standard InChI is InChI=1S/C27H33N3O5/c1-6-7-11-35-20-9-8-18(15-21(20)34-5)26-23-24(22-17(3)13-16(2)14-19(22)31)28-29-25(23)27(32)30(26)10-12-33-4/h8-9,13-15,26,31H,6-7,10-12H2,1-5H3,(H,28,29). The lowest BCUT2D eigenvalue weighted by Gasteiger charge is -2.27. The van der Waals surface area contributed by atoms with Gasteiger partial charge in [-0.15, -0.1) is 0 Å². The Balaban J connectivity index is 1.84. The number of hydrogen-bond donors (Lipinski definition) is 2. The molecule has 8 heteroatoms. The summed E-state index contributed by atoms with van der Waals surface area (Å²) in [6.45, 7) is 7.38. The number of methoxy groups -OCH3 is 2. The number of aromatic amines is 1. The zero-order chi connectivity index (χ0) is 25.1. The maximum Gasteiger partial charge on any atom is 0.273 e. The smallest absolute Gasteiger partial charge is 0.273 e. The van der Waals surface area contributed by atoms with E-state index >= 15 is 0 Å². The van der Waals surface area contributed by atoms with Gasteiger partial charge in [0.25, 0.3) is 5.91 Å². The second-order valence-electron chi connectivity index (χ2n) is 8.84. The third-order valence-corrected chi connectivity index (χ3v) is 6.35. The fourth-order valence-corrected chi connectivity index (χ4v) is 4.71. The van der Waals surface area contributed by atoms with Crippen LogP contribution in [0.25, 0.3) is 11.3 Å². The van der Waals surface area contributed by atoms with Gasteiger partial charge in [0.05, 0.1) is 26.4 Å². The molecule has 0 spiro atoms. The van der Waals surface area contributed by atoms with Crippen LogP contribution in [0.4, 0.5) is 0 Å². The number of aromatic nitrogens is 2. The summed E-state index contributed by atoms with van der Waals surface area (Å²) in [4.78, 5) is 15.2. The number of amides is 1. The lowest BCUT2D eigenvalue weighted by Crippen LogP contribution is -2.32. The average molecular weight is 480 g/mol. The van der Waals surface area contributed by atoms with Crippen LogP contribution in [0.15, 0.2) is 30.3 Å². The van der Waals surface area contributed by atoms with Gasteiger partial charge in [0.1, 0.15) is 17.1 Å². The van der Waals surface area contributed by atoms with E-state index in [9.17, 15) is 9.90 Å². The van der Waals surface area contributed by atoms with E-state index in [1.54, 1.807) is 25.2 Å². The molecule has 186 valence electrons. The molecule has 35 heavy (non-hydrogen) atoms. The molecule has 0 bridgehead atoms. The number of phenols is 1. The minimum atomic E-state index is -0.430. The molecule has 1 unspecified atom stereocenters. The van der Waals surface area contributed by atoms with Gasteiger partial charge in [-0.05, 0) is 55.2 Å². The second-order valence-corrected chi connectivity index (χ2v) is 8.84. The molecule has 0 aliphatic carbocycles. The number of H-pyrrole nitrogens is 1. The minimum Gasteiger partial charge on any atom is -0.507 e. The van der Waals surface area contributed by atoms with Crippen molar-refractivity contribution in [1.29, 1.82) is 0 Å². The van der Waals surface area contributed by atoms with Crippen molar-refractivity contribution in [2.45, 2.75) is 39.7 Å². The van der Waals surface area contributed by atoms with Crippen molar-refractivity contribution in [1.82, 2.24) is 15.1 Å². The summed E-state index contributed by atoms with van der Waals surface area (Å²) < 4.78 is 16.8. The molecule has 1 amide bonds. The maximum absolute atomic E-state index is 13.4. The summed E-state index contributed by atoms with van der Waals surface area (Å²) in [5, 5.41) is 18.2. The molecular formula is C27H33N3O5. The fraction of sp³-hybridized carbons (Fsp3) is 0.407. The average Bonchev–Trinajstić information content (AvgIpc) is 3.36. The predicted molar refractivity (Wildman–Crippen MR) is 133 cm³/mol. The first-order chi connectivity index (χ1) is 16.9. The van der Waals surface area contributed by atoms with Crippen LogP contribution in [0.3, 0.4) is 0 Å². The summed E-state index contributed by atoms with van der Waals surface area (Å²) in [6, 6.07) is 9.02. The Labute approximate surface area is 205 Å². The molecule has 1 aliphatic rings. The fourth-order valence-electron chi connectivity index (χ4n) is 4.71. The predicted octanol–water partition coefficient (Wildman–Crippen LogP) is 4.78. The van der Waals surface area contributed by atoms with E-state index < -0.39 is 6.04 Å². The lowest BCUT2D eigenvalue weighted by atomic mass is 9.93. The van der Waals surface area contributed by atoms with Crippen LogP contribution in [0.1, 0.15) is 58.5 Å². The van der Waals surface area contributed by atoms with Crippen molar-refractivity contribution in [3.63, 3.8) is 0 Å². The number of fused-ring (bicyclic) bond motifs is 1. The van der Waals surface area contributed by atoms with Gasteiger partial charge >= 0.3 is 0 Å². The van der Waals surface area contributed by atoms with Gasteiger partial charge in [-0.2, -0.15) is 5.10 Å². The highest BCUT2D eigenvalue weighted by Gasteiger charge is 2.42. The Kier molecular flexibility index (Phi) is 7.31. The molecule has 4 rings (SSSR count). The third-order valence-electron chi connectivity index (χ3n) is 6.35. The Morgan fingerprint density at radius 1 is 1.11 bits per heavy atom. The van der Waals surface area contributed by atoms with Gasteiger partial charge < -0.3 is 24.2 Å². The summed E-state index contributed by atoms with van der Waals surface area (Å²) in [5.41, 5.74) is 5.03. The number of rotatable bonds is 10. The number of ether oxygens (including phenoxy) is 3. The molecule has 0 saturated carbocycles. The molecular weight excluding hydrogens is 446 g/mol. The number of hydrogen-bond acceptors (Lipinski definition) is 6. The van der Waals surface area contributed by atoms with Crippen LogP contribution < -0.4 is 9.47 Å². The SMILES string of the molecule is CCCCOc1ccc(C2c3c(-c4c(C)cc(C)cc4O)n[nH]c3C(=O)N2CCOC)cc1OC. The van der Waals surface area contributed by atoms with Gasteiger partial charge in [0.15, 0.2) is 11.5 Å². The second kappa shape index (κ2) is 10.4. The van der Waals surface area contributed by atoms with Crippen molar-refractivity contribution in [2.24, 2.45) is 0 Å². The van der Waals surface area contributed by atoms with Crippen molar-refractivity contribution < 1.29 is 24.1 Å². The molecule has 2 N–H and O–H groups in total. The number of benzene rings is 2. The van der Waals surface area contributed by atoms with Crippen molar-refractivity contribution in [3.8, 4) is 28.5 Å². The first-order valence-electron chi connectivity index (χ1n) is 11.9. The number of unbranched alkanes of at least 4 members (excludes halogenated alkanes) is 1. The highest BCUT2D eigenvalue weighted by molar-refractivity contribution is 6.00. The summed E-state index contributed by atoms with van der Waals surface area (Å²) in [7, 11) is 3.22. The van der Waals surface area contributed by atoms with Crippen LogP contribution in [-0.4, -0.2) is 60.1 Å². The number of nitrogens with one attached hydrogen (secondary N) is 1. The van der Waals surface area contributed by atoms with Crippen molar-refractivity contribution in [3.05, 3.63) is 58.3 Å². The van der Waals surface area contributed by atoms with E-state index in [0.29, 0.717) is 48.2 Å². The molecule has 0 saturated heterocycles. The van der Waals surface area contributed by atoms with E-state index in [2.05, 4.69) is 17.1 Å². The van der Waals surface area contributed by atoms with Crippen LogP contribution in [0.5, 0.6) is 17.2 Å². The van der Waals surface area contributed by atoms with Crippen LogP contribution in [-0.2, 0) is 4.74 Å². The van der Waals surface area contributed by atoms with E-state index in [1.165, 1.54) is 0 Å². The van der Waals surface area contributed by atoms with E-state index in [0.717, 1.165) is 35.1 Å². The summed E-state index contributed by atoms with van der Waals surface area (Å²) >= 11 is 0. The molecule has 1 atom stereocenters. The van der Waals surface area contributed by atoms with Gasteiger partial charge in [-0.3, -0.25) is 9.89 Å². The minimum absolute atomic E-state index is 0.135. The van der Waals surface area contributed by atoms with Gasteiger partial charge in [0, 0.05) is 24.8 Å². The molecule has 2 aromatic carbocycles. The van der Waals surface area contributed by atoms with E-state index in [-0.39, 0.29) is 11.7 Å². The number of aryl methyl sites for hydroxylation is 2. The summed E-state index contributed by atoms with van der Waals surface area (Å²) in [5.74, 6) is 1.24. The number of aromatic hydroxyl groups is 1. The zero-order valence-electron chi connectivity index (χ0n) is 21.0. The highest BCUT2D eigenvalue weighted by atomic mass is 16.5. The highest BCUT2D eigenvalue weighted by Crippen LogP contribution is 2.46. The Morgan fingerprint density at radius 2 is 1.91 bits per heavy atom. The Hall–Kier alpha value is -3.52. The monoisotopic (exact) mass is 479 g/mol. The van der Waals surface area contributed by atoms with Crippen LogP contribution in [0.2, 0.25) is 0 Å². The topological polar surface area (TPSA) is 96.9 Å². The van der Waals surface area contributed by atoms with Crippen LogP contribution >= 0.6 is 0 Å². The van der Waals surface area contributed by atoms with E-state index in [1.807, 2.05) is 38.1 Å². The normalized spacial score (nSPS) is 14.9. The van der Waals surface area contributed by atoms with Crippen LogP contribution in [0, 0.1) is 13.8 Å². The van der Waals surface area contributed by atoms with Gasteiger partial charge in [0.2, 0.25) is 0 Å². The van der Waals surface area contributed by atoms with Crippen molar-refractivity contribution in [2.75, 3.05) is 34.0 Å². The lowest BCUT2D eigenvalue weighted by molar-refractivity contribution is 0.0677. The maximum atomic E-state index is 13.4. The first-order valence-corrected chi connectivity index (χ1v) is 11.9. The number of phenolic OH excluding ortho intramolecular Hbond substituents is 1. The molecule has 0 radical (unpaired) electrons. The van der Waals surface area contributed by atoms with E-state index in [4.69, 9.17) is 14.2 Å². The molecule has 8 nitrogen and oxygen atoms in total. The van der Waals surface area contributed by atoms with Gasteiger partial charge in [-0.25, -0.2) is 0 Å². The number of carbonyl (C=O) groups is 1. The first kappa shape index (κ1) is 24.6. The molecule has 1 aromatic heterocycles. The quantitative estimate of drug-likeness (QED) is 0.406. The molecule has 0 fully saturated rings. The molecule has 3 aromatic rings. The van der Waals surface area contributed by atoms with Gasteiger partial charge in [-0.1, -0.05) is 25.5 Å².